The Morgan fingerprint density at radius 2 is 2.30 bits per heavy atom. The van der Waals surface area contributed by atoms with Crippen LogP contribution in [0, 0.1) is 0 Å². The van der Waals surface area contributed by atoms with Crippen LogP contribution in [0.2, 0.25) is 0 Å². The summed E-state index contributed by atoms with van der Waals surface area (Å²) in [6.07, 6.45) is 3.65. The maximum absolute atomic E-state index is 12.7. The number of aromatic nitrogens is 4. The SMILES string of the molecule is CCc1nnsc1C(=O)N1CCO[C@H](c2nccnc2NC)C1. The molecule has 2 aromatic rings. The molecule has 0 saturated carbocycles. The summed E-state index contributed by atoms with van der Waals surface area (Å²) in [5.41, 5.74) is 1.46. The second kappa shape index (κ2) is 6.97. The van der Waals surface area contributed by atoms with Crippen molar-refractivity contribution < 1.29 is 9.53 Å². The van der Waals surface area contributed by atoms with Gasteiger partial charge in [0.15, 0.2) is 0 Å². The Bertz CT molecular complexity index is 691. The van der Waals surface area contributed by atoms with Crippen molar-refractivity contribution in [3.8, 4) is 0 Å². The van der Waals surface area contributed by atoms with Crippen molar-refractivity contribution in [1.29, 1.82) is 0 Å². The number of anilines is 1. The van der Waals surface area contributed by atoms with Crippen LogP contribution in [0.3, 0.4) is 0 Å². The van der Waals surface area contributed by atoms with E-state index in [1.807, 2.05) is 6.92 Å². The minimum Gasteiger partial charge on any atom is -0.372 e. The van der Waals surface area contributed by atoms with Crippen molar-refractivity contribution in [3.05, 3.63) is 28.7 Å². The van der Waals surface area contributed by atoms with Crippen LogP contribution in [0.15, 0.2) is 12.4 Å². The Morgan fingerprint density at radius 1 is 1.48 bits per heavy atom. The van der Waals surface area contributed by atoms with Crippen LogP contribution in [-0.2, 0) is 11.2 Å². The smallest absolute Gasteiger partial charge is 0.267 e. The topological polar surface area (TPSA) is 93.1 Å². The third-order valence-corrected chi connectivity index (χ3v) is 4.46. The fourth-order valence-electron chi connectivity index (χ4n) is 2.52. The van der Waals surface area contributed by atoms with Gasteiger partial charge in [-0.1, -0.05) is 11.4 Å². The monoisotopic (exact) mass is 334 g/mol. The average molecular weight is 334 g/mol. The molecule has 1 aliphatic heterocycles. The summed E-state index contributed by atoms with van der Waals surface area (Å²) in [6.45, 7) is 3.41. The summed E-state index contributed by atoms with van der Waals surface area (Å²) in [5, 5.41) is 7.02. The number of carbonyl (C=O) groups is 1. The van der Waals surface area contributed by atoms with E-state index in [0.29, 0.717) is 42.5 Å². The average Bonchev–Trinajstić information content (AvgIpc) is 3.09. The minimum absolute atomic E-state index is 0.0416. The van der Waals surface area contributed by atoms with Gasteiger partial charge in [0.05, 0.1) is 18.8 Å². The molecule has 9 heteroatoms. The van der Waals surface area contributed by atoms with Crippen LogP contribution in [0.5, 0.6) is 0 Å². The van der Waals surface area contributed by atoms with Crippen LogP contribution < -0.4 is 5.32 Å². The molecule has 1 saturated heterocycles. The number of nitrogens with one attached hydrogen (secondary N) is 1. The molecule has 1 fully saturated rings. The molecule has 0 aromatic carbocycles. The Morgan fingerprint density at radius 3 is 3.09 bits per heavy atom. The highest BCUT2D eigenvalue weighted by Crippen LogP contribution is 2.26. The van der Waals surface area contributed by atoms with Gasteiger partial charge in [0.2, 0.25) is 0 Å². The van der Waals surface area contributed by atoms with E-state index < -0.39 is 0 Å². The van der Waals surface area contributed by atoms with Crippen molar-refractivity contribution in [2.24, 2.45) is 0 Å². The molecule has 23 heavy (non-hydrogen) atoms. The van der Waals surface area contributed by atoms with E-state index in [1.54, 1.807) is 24.3 Å². The molecule has 2 aromatic heterocycles. The van der Waals surface area contributed by atoms with E-state index >= 15 is 0 Å². The van der Waals surface area contributed by atoms with Gasteiger partial charge < -0.3 is 15.0 Å². The van der Waals surface area contributed by atoms with E-state index in [-0.39, 0.29) is 12.0 Å². The maximum Gasteiger partial charge on any atom is 0.267 e. The van der Waals surface area contributed by atoms with E-state index in [2.05, 4.69) is 24.9 Å². The molecule has 3 rings (SSSR count). The number of rotatable bonds is 4. The predicted molar refractivity (Wildman–Crippen MR) is 85.5 cm³/mol. The van der Waals surface area contributed by atoms with Crippen molar-refractivity contribution in [1.82, 2.24) is 24.5 Å². The lowest BCUT2D eigenvalue weighted by Crippen LogP contribution is -2.42. The Hall–Kier alpha value is -2.13. The number of amides is 1. The summed E-state index contributed by atoms with van der Waals surface area (Å²) in [4.78, 5) is 23.7. The lowest BCUT2D eigenvalue weighted by Gasteiger charge is -2.32. The van der Waals surface area contributed by atoms with Crippen LogP contribution in [0.1, 0.15) is 34.1 Å². The van der Waals surface area contributed by atoms with Gasteiger partial charge in [-0.2, -0.15) is 0 Å². The number of hydrogen-bond donors (Lipinski definition) is 1. The first-order chi connectivity index (χ1) is 11.2. The van der Waals surface area contributed by atoms with Crippen molar-refractivity contribution in [2.45, 2.75) is 19.4 Å². The Labute approximate surface area is 138 Å². The first-order valence-electron chi connectivity index (χ1n) is 7.45. The molecule has 0 aliphatic carbocycles. The molecule has 8 nitrogen and oxygen atoms in total. The zero-order chi connectivity index (χ0) is 16.2. The van der Waals surface area contributed by atoms with E-state index in [9.17, 15) is 4.79 Å². The quantitative estimate of drug-likeness (QED) is 0.896. The van der Waals surface area contributed by atoms with Gasteiger partial charge in [0, 0.05) is 26.0 Å². The summed E-state index contributed by atoms with van der Waals surface area (Å²) in [7, 11) is 1.79. The minimum atomic E-state index is -0.296. The zero-order valence-electron chi connectivity index (χ0n) is 13.0. The second-order valence-corrected chi connectivity index (χ2v) is 5.81. The van der Waals surface area contributed by atoms with E-state index in [1.165, 1.54) is 0 Å². The lowest BCUT2D eigenvalue weighted by atomic mass is 10.1. The molecule has 1 N–H and O–H groups in total. The first kappa shape index (κ1) is 15.8. The van der Waals surface area contributed by atoms with Crippen molar-refractivity contribution >= 4 is 23.3 Å². The molecule has 3 heterocycles. The highest BCUT2D eigenvalue weighted by Gasteiger charge is 2.30. The maximum atomic E-state index is 12.7. The number of nitrogens with zero attached hydrogens (tertiary/aromatic N) is 5. The Kier molecular flexibility index (Phi) is 4.77. The third kappa shape index (κ3) is 3.15. The summed E-state index contributed by atoms with van der Waals surface area (Å²) in [5.74, 6) is 0.626. The summed E-state index contributed by atoms with van der Waals surface area (Å²) >= 11 is 1.15. The Balaban J connectivity index is 1.79. The fraction of sp³-hybridized carbons (Fsp3) is 0.500. The van der Waals surface area contributed by atoms with Gasteiger partial charge in [0.25, 0.3) is 5.91 Å². The van der Waals surface area contributed by atoms with Gasteiger partial charge in [-0.25, -0.2) is 4.98 Å². The van der Waals surface area contributed by atoms with Crippen LogP contribution in [0.25, 0.3) is 0 Å². The normalized spacial score (nSPS) is 18.0. The zero-order valence-corrected chi connectivity index (χ0v) is 13.8. The first-order valence-corrected chi connectivity index (χ1v) is 8.22. The molecule has 1 atom stereocenters. The number of hydrogen-bond acceptors (Lipinski definition) is 8. The highest BCUT2D eigenvalue weighted by atomic mass is 32.1. The van der Waals surface area contributed by atoms with Crippen LogP contribution >= 0.6 is 11.5 Å². The van der Waals surface area contributed by atoms with Gasteiger partial charge in [0.1, 0.15) is 22.5 Å². The standard InChI is InChI=1S/C14H18N6O2S/c1-3-9-12(23-19-18-9)14(21)20-6-7-22-10(8-20)11-13(15-2)17-5-4-16-11/h4-5,10H,3,6-8H2,1-2H3,(H,15,17)/t10-/m0/s1. The predicted octanol–water partition coefficient (Wildman–Crippen LogP) is 1.15. The van der Waals surface area contributed by atoms with E-state index in [0.717, 1.165) is 17.2 Å². The van der Waals surface area contributed by atoms with Gasteiger partial charge in [-0.05, 0) is 18.0 Å². The number of carbonyl (C=O) groups excluding carboxylic acids is 1. The molecule has 0 radical (unpaired) electrons. The van der Waals surface area contributed by atoms with Crippen molar-refractivity contribution in [3.63, 3.8) is 0 Å². The fourth-order valence-corrected chi connectivity index (χ4v) is 3.24. The number of aryl methyl sites for hydroxylation is 1. The van der Waals surface area contributed by atoms with E-state index in [4.69, 9.17) is 4.74 Å². The molecule has 122 valence electrons. The molecule has 0 unspecified atom stereocenters. The summed E-state index contributed by atoms with van der Waals surface area (Å²) in [6, 6.07) is 0. The van der Waals surface area contributed by atoms with Gasteiger partial charge in [-0.3, -0.25) is 9.78 Å². The number of morpholine rings is 1. The molecule has 0 bridgehead atoms. The van der Waals surface area contributed by atoms with Crippen LogP contribution in [-0.4, -0.2) is 57.1 Å². The molecule has 0 spiro atoms. The molecular formula is C14H18N6O2S. The van der Waals surface area contributed by atoms with Crippen molar-refractivity contribution in [2.75, 3.05) is 32.1 Å². The lowest BCUT2D eigenvalue weighted by molar-refractivity contribution is -0.0244. The van der Waals surface area contributed by atoms with Crippen LogP contribution in [0.4, 0.5) is 5.82 Å². The molecule has 1 amide bonds. The van der Waals surface area contributed by atoms with Gasteiger partial charge in [-0.15, -0.1) is 5.10 Å². The van der Waals surface area contributed by atoms with Gasteiger partial charge >= 0.3 is 0 Å². The second-order valence-electron chi connectivity index (χ2n) is 5.05. The molecule has 1 aliphatic rings. The largest absolute Gasteiger partial charge is 0.372 e. The number of ether oxygens (including phenoxy) is 1. The molecular weight excluding hydrogens is 316 g/mol. The third-order valence-electron chi connectivity index (χ3n) is 3.71. The highest BCUT2D eigenvalue weighted by molar-refractivity contribution is 7.08. The summed E-state index contributed by atoms with van der Waals surface area (Å²) < 4.78 is 9.69.